The Morgan fingerprint density at radius 2 is 1.87 bits per heavy atom. The average molecular weight is 439 g/mol. The second kappa shape index (κ2) is 9.48. The third-order valence-electron chi connectivity index (χ3n) is 4.43. The molecule has 0 radical (unpaired) electrons. The summed E-state index contributed by atoms with van der Waals surface area (Å²) in [6.45, 7) is 3.33. The summed E-state index contributed by atoms with van der Waals surface area (Å²) < 4.78 is 16.5. The Balaban J connectivity index is 1.31. The molecule has 0 atom stereocenters. The number of carbonyl (C=O) groups is 2. The van der Waals surface area contributed by atoms with E-state index in [0.717, 1.165) is 11.3 Å². The standard InChI is InChI=1S/C22H21N3O5S/c1-2-28-16-6-3-14(4-7-16)21(27)23-12-20(26)25-22-24-17(13-31-22)15-5-8-18-19(11-15)30-10-9-29-18/h3-8,11,13H,2,9-10,12H2,1H3,(H,23,27)(H,24,25,26). The van der Waals surface area contributed by atoms with E-state index >= 15 is 0 Å². The lowest BCUT2D eigenvalue weighted by molar-refractivity contribution is -0.115. The number of aromatic nitrogens is 1. The Hall–Kier alpha value is -3.59. The van der Waals surface area contributed by atoms with Gasteiger partial charge in [0.1, 0.15) is 19.0 Å². The van der Waals surface area contributed by atoms with Gasteiger partial charge in [0.2, 0.25) is 5.91 Å². The number of amides is 2. The topological polar surface area (TPSA) is 98.8 Å². The smallest absolute Gasteiger partial charge is 0.251 e. The fourth-order valence-corrected chi connectivity index (χ4v) is 3.70. The highest BCUT2D eigenvalue weighted by atomic mass is 32.1. The molecule has 0 bridgehead atoms. The van der Waals surface area contributed by atoms with Crippen molar-refractivity contribution in [1.29, 1.82) is 0 Å². The maximum Gasteiger partial charge on any atom is 0.251 e. The summed E-state index contributed by atoms with van der Waals surface area (Å²) in [6, 6.07) is 12.3. The van der Waals surface area contributed by atoms with Crippen molar-refractivity contribution in [1.82, 2.24) is 10.3 Å². The highest BCUT2D eigenvalue weighted by Gasteiger charge is 2.15. The van der Waals surface area contributed by atoms with Crippen LogP contribution in [-0.4, -0.2) is 43.2 Å². The molecule has 8 nitrogen and oxygen atoms in total. The number of nitrogens with zero attached hydrogens (tertiary/aromatic N) is 1. The van der Waals surface area contributed by atoms with Crippen LogP contribution in [0.5, 0.6) is 17.2 Å². The molecular formula is C22H21N3O5S. The van der Waals surface area contributed by atoms with Crippen molar-refractivity contribution in [2.45, 2.75) is 6.92 Å². The Kier molecular flexibility index (Phi) is 6.32. The number of nitrogens with one attached hydrogen (secondary N) is 2. The maximum atomic E-state index is 12.2. The molecule has 0 saturated heterocycles. The van der Waals surface area contributed by atoms with Gasteiger partial charge in [-0.15, -0.1) is 11.3 Å². The van der Waals surface area contributed by atoms with Crippen LogP contribution < -0.4 is 24.8 Å². The molecular weight excluding hydrogens is 418 g/mol. The van der Waals surface area contributed by atoms with Crippen molar-refractivity contribution in [3.05, 3.63) is 53.4 Å². The molecule has 2 aromatic carbocycles. The lowest BCUT2D eigenvalue weighted by atomic mass is 10.1. The summed E-state index contributed by atoms with van der Waals surface area (Å²) >= 11 is 1.31. The number of anilines is 1. The van der Waals surface area contributed by atoms with Gasteiger partial charge in [-0.25, -0.2) is 4.98 Å². The molecule has 3 aromatic rings. The number of ether oxygens (including phenoxy) is 3. The van der Waals surface area contributed by atoms with Gasteiger partial charge in [0.25, 0.3) is 5.91 Å². The number of fused-ring (bicyclic) bond motifs is 1. The van der Waals surface area contributed by atoms with Gasteiger partial charge in [-0.2, -0.15) is 0 Å². The van der Waals surface area contributed by atoms with Crippen LogP contribution >= 0.6 is 11.3 Å². The van der Waals surface area contributed by atoms with Crippen LogP contribution in [0, 0.1) is 0 Å². The van der Waals surface area contributed by atoms with E-state index in [1.54, 1.807) is 24.3 Å². The minimum atomic E-state index is -0.359. The molecule has 0 aliphatic carbocycles. The number of hydrogen-bond donors (Lipinski definition) is 2. The van der Waals surface area contributed by atoms with Crippen LogP contribution in [0.1, 0.15) is 17.3 Å². The summed E-state index contributed by atoms with van der Waals surface area (Å²) in [5, 5.41) is 7.60. The lowest BCUT2D eigenvalue weighted by Crippen LogP contribution is -2.32. The average Bonchev–Trinajstić information content (AvgIpc) is 3.26. The predicted molar refractivity (Wildman–Crippen MR) is 117 cm³/mol. The van der Waals surface area contributed by atoms with E-state index in [4.69, 9.17) is 14.2 Å². The fourth-order valence-electron chi connectivity index (χ4n) is 2.96. The van der Waals surface area contributed by atoms with Crippen molar-refractivity contribution in [2.75, 3.05) is 31.7 Å². The minimum absolute atomic E-state index is 0.162. The lowest BCUT2D eigenvalue weighted by Gasteiger charge is -2.18. The number of hydrogen-bond acceptors (Lipinski definition) is 7. The Morgan fingerprint density at radius 3 is 2.65 bits per heavy atom. The third kappa shape index (κ3) is 5.13. The Morgan fingerprint density at radius 1 is 1.10 bits per heavy atom. The first-order valence-electron chi connectivity index (χ1n) is 9.79. The SMILES string of the molecule is CCOc1ccc(C(=O)NCC(=O)Nc2nc(-c3ccc4c(c3)OCCO4)cs2)cc1. The molecule has 0 unspecified atom stereocenters. The Bertz CT molecular complexity index is 1080. The predicted octanol–water partition coefficient (Wildman–Crippen LogP) is 3.35. The van der Waals surface area contributed by atoms with Crippen molar-refractivity contribution in [3.8, 4) is 28.5 Å². The second-order valence-electron chi connectivity index (χ2n) is 6.58. The van der Waals surface area contributed by atoms with Crippen molar-refractivity contribution in [2.24, 2.45) is 0 Å². The van der Waals surface area contributed by atoms with Gasteiger partial charge in [0.05, 0.1) is 18.8 Å². The van der Waals surface area contributed by atoms with Gasteiger partial charge in [-0.1, -0.05) is 0 Å². The third-order valence-corrected chi connectivity index (χ3v) is 5.18. The van der Waals surface area contributed by atoms with E-state index in [1.165, 1.54) is 11.3 Å². The zero-order chi connectivity index (χ0) is 21.6. The van der Waals surface area contributed by atoms with E-state index in [2.05, 4.69) is 15.6 Å². The molecule has 9 heteroatoms. The van der Waals surface area contributed by atoms with E-state index in [-0.39, 0.29) is 18.4 Å². The zero-order valence-electron chi connectivity index (χ0n) is 16.8. The van der Waals surface area contributed by atoms with Crippen LogP contribution in [-0.2, 0) is 4.79 Å². The van der Waals surface area contributed by atoms with Crippen LogP contribution in [0.15, 0.2) is 47.8 Å². The van der Waals surface area contributed by atoms with Crippen LogP contribution in [0.25, 0.3) is 11.3 Å². The van der Waals surface area contributed by atoms with Crippen LogP contribution in [0.4, 0.5) is 5.13 Å². The number of benzene rings is 2. The zero-order valence-corrected chi connectivity index (χ0v) is 17.7. The highest BCUT2D eigenvalue weighted by Crippen LogP contribution is 2.35. The molecule has 0 spiro atoms. The van der Waals surface area contributed by atoms with Gasteiger partial charge in [-0.3, -0.25) is 9.59 Å². The normalized spacial score (nSPS) is 12.2. The molecule has 2 N–H and O–H groups in total. The molecule has 2 heterocycles. The van der Waals surface area contributed by atoms with Gasteiger partial charge >= 0.3 is 0 Å². The number of thiazole rings is 1. The fraction of sp³-hybridized carbons (Fsp3) is 0.227. The first-order chi connectivity index (χ1) is 15.1. The van der Waals surface area contributed by atoms with E-state index in [9.17, 15) is 9.59 Å². The van der Waals surface area contributed by atoms with Crippen molar-refractivity contribution in [3.63, 3.8) is 0 Å². The van der Waals surface area contributed by atoms with E-state index in [1.807, 2.05) is 30.5 Å². The van der Waals surface area contributed by atoms with Gasteiger partial charge in [0, 0.05) is 16.5 Å². The first-order valence-corrected chi connectivity index (χ1v) is 10.7. The highest BCUT2D eigenvalue weighted by molar-refractivity contribution is 7.14. The molecule has 31 heavy (non-hydrogen) atoms. The summed E-state index contributed by atoms with van der Waals surface area (Å²) in [6.07, 6.45) is 0. The number of carbonyl (C=O) groups excluding carboxylic acids is 2. The maximum absolute atomic E-state index is 12.2. The van der Waals surface area contributed by atoms with Crippen LogP contribution in [0.2, 0.25) is 0 Å². The molecule has 2 amide bonds. The summed E-state index contributed by atoms with van der Waals surface area (Å²) in [5.74, 6) is 1.38. The molecule has 1 aromatic heterocycles. The first kappa shape index (κ1) is 20.7. The monoisotopic (exact) mass is 439 g/mol. The number of rotatable bonds is 7. The second-order valence-corrected chi connectivity index (χ2v) is 7.44. The van der Waals surface area contributed by atoms with Crippen molar-refractivity contribution >= 4 is 28.3 Å². The van der Waals surface area contributed by atoms with E-state index < -0.39 is 0 Å². The molecule has 4 rings (SSSR count). The molecule has 0 saturated carbocycles. The Labute approximate surface area is 183 Å². The van der Waals surface area contributed by atoms with Crippen LogP contribution in [0.3, 0.4) is 0 Å². The quantitative estimate of drug-likeness (QED) is 0.586. The summed E-state index contributed by atoms with van der Waals surface area (Å²) in [7, 11) is 0. The van der Waals surface area contributed by atoms with E-state index in [0.29, 0.717) is 47.8 Å². The summed E-state index contributed by atoms with van der Waals surface area (Å²) in [4.78, 5) is 28.9. The van der Waals surface area contributed by atoms with Crippen molar-refractivity contribution < 1.29 is 23.8 Å². The molecule has 1 aliphatic heterocycles. The van der Waals surface area contributed by atoms with Gasteiger partial charge in [-0.05, 0) is 49.4 Å². The van der Waals surface area contributed by atoms with Gasteiger partial charge < -0.3 is 24.8 Å². The molecule has 0 fully saturated rings. The molecule has 1 aliphatic rings. The largest absolute Gasteiger partial charge is 0.494 e. The summed E-state index contributed by atoms with van der Waals surface area (Å²) in [5.41, 5.74) is 2.03. The minimum Gasteiger partial charge on any atom is -0.494 e. The van der Waals surface area contributed by atoms with Gasteiger partial charge in [0.15, 0.2) is 16.6 Å². The molecule has 160 valence electrons.